The van der Waals surface area contributed by atoms with Crippen LogP contribution in [0.4, 0.5) is 0 Å². The molecule has 0 atom stereocenters. The van der Waals surface area contributed by atoms with E-state index in [1.807, 2.05) is 34.1 Å². The number of rotatable bonds is 8. The molecule has 33 heavy (non-hydrogen) atoms. The van der Waals surface area contributed by atoms with Crippen molar-refractivity contribution in [2.45, 2.75) is 44.9 Å². The zero-order valence-corrected chi connectivity index (χ0v) is 20.1. The van der Waals surface area contributed by atoms with Crippen molar-refractivity contribution < 1.29 is 14.3 Å². The molecule has 3 heterocycles. The minimum Gasteiger partial charge on any atom is -0.494 e. The first-order valence-electron chi connectivity index (χ1n) is 12.9. The molecule has 3 aliphatic heterocycles. The minimum absolute atomic E-state index is 0.0636. The highest BCUT2D eigenvalue weighted by Gasteiger charge is 2.25. The van der Waals surface area contributed by atoms with E-state index in [4.69, 9.17) is 4.74 Å². The van der Waals surface area contributed by atoms with Crippen molar-refractivity contribution in [1.82, 2.24) is 19.6 Å². The van der Waals surface area contributed by atoms with Gasteiger partial charge in [0.25, 0.3) is 5.91 Å². The first-order valence-corrected chi connectivity index (χ1v) is 12.9. The highest BCUT2D eigenvalue weighted by atomic mass is 16.5. The molecule has 0 bridgehead atoms. The van der Waals surface area contributed by atoms with Crippen molar-refractivity contribution >= 4 is 11.8 Å². The van der Waals surface area contributed by atoms with Gasteiger partial charge in [-0.3, -0.25) is 14.5 Å². The van der Waals surface area contributed by atoms with E-state index >= 15 is 0 Å². The second kappa shape index (κ2) is 12.4. The summed E-state index contributed by atoms with van der Waals surface area (Å²) >= 11 is 0. The average Bonchev–Trinajstić information content (AvgIpc) is 2.88. The monoisotopic (exact) mass is 456 g/mol. The van der Waals surface area contributed by atoms with E-state index in [9.17, 15) is 9.59 Å². The smallest absolute Gasteiger partial charge is 0.253 e. The van der Waals surface area contributed by atoms with Gasteiger partial charge >= 0.3 is 0 Å². The van der Waals surface area contributed by atoms with Gasteiger partial charge in [0.2, 0.25) is 5.91 Å². The summed E-state index contributed by atoms with van der Waals surface area (Å²) in [5.41, 5.74) is 0.702. The quantitative estimate of drug-likeness (QED) is 0.563. The number of ether oxygens (including phenoxy) is 1. The van der Waals surface area contributed by atoms with Crippen LogP contribution in [-0.4, -0.2) is 103 Å². The van der Waals surface area contributed by atoms with E-state index in [-0.39, 0.29) is 11.8 Å². The van der Waals surface area contributed by atoms with Gasteiger partial charge in [-0.2, -0.15) is 0 Å². The summed E-state index contributed by atoms with van der Waals surface area (Å²) in [5, 5.41) is 0. The van der Waals surface area contributed by atoms with Crippen LogP contribution >= 0.6 is 0 Å². The zero-order chi connectivity index (χ0) is 22.9. The van der Waals surface area contributed by atoms with Gasteiger partial charge in [-0.1, -0.05) is 6.42 Å². The second-order valence-electron chi connectivity index (χ2n) is 9.64. The molecule has 4 rings (SSSR count). The van der Waals surface area contributed by atoms with Crippen molar-refractivity contribution in [2.24, 2.45) is 0 Å². The molecule has 0 saturated carbocycles. The number of carbonyl (C=O) groups is 2. The average molecular weight is 457 g/mol. The van der Waals surface area contributed by atoms with Crippen molar-refractivity contribution in [1.29, 1.82) is 0 Å². The highest BCUT2D eigenvalue weighted by molar-refractivity contribution is 5.94. The third-order valence-corrected chi connectivity index (χ3v) is 7.16. The van der Waals surface area contributed by atoms with E-state index in [1.54, 1.807) is 0 Å². The number of benzene rings is 1. The molecule has 0 spiro atoms. The summed E-state index contributed by atoms with van der Waals surface area (Å²) in [6.07, 6.45) is 8.52. The Balaban J connectivity index is 1.15. The first kappa shape index (κ1) is 24.0. The van der Waals surface area contributed by atoms with Gasteiger partial charge in [0, 0.05) is 51.4 Å². The molecule has 3 saturated heterocycles. The predicted molar refractivity (Wildman–Crippen MR) is 130 cm³/mol. The molecule has 3 fully saturated rings. The Morgan fingerprint density at radius 2 is 1.33 bits per heavy atom. The lowest BCUT2D eigenvalue weighted by atomic mass is 10.1. The summed E-state index contributed by atoms with van der Waals surface area (Å²) in [6, 6.07) is 7.55. The molecule has 0 radical (unpaired) electrons. The summed E-state index contributed by atoms with van der Waals surface area (Å²) in [6.45, 7) is 9.37. The van der Waals surface area contributed by atoms with E-state index < -0.39 is 0 Å². The van der Waals surface area contributed by atoms with Gasteiger partial charge in [0.05, 0.1) is 13.2 Å². The van der Waals surface area contributed by atoms with Gasteiger partial charge in [-0.05, 0) is 75.9 Å². The van der Waals surface area contributed by atoms with Crippen LogP contribution < -0.4 is 4.74 Å². The molecule has 0 aliphatic carbocycles. The first-order chi connectivity index (χ1) is 16.2. The van der Waals surface area contributed by atoms with Crippen molar-refractivity contribution in [2.75, 3.05) is 72.1 Å². The number of piperidine rings is 2. The Labute approximate surface area is 198 Å². The van der Waals surface area contributed by atoms with E-state index in [1.165, 1.54) is 38.8 Å². The number of carbonyl (C=O) groups excluding carboxylic acids is 2. The maximum absolute atomic E-state index is 12.9. The van der Waals surface area contributed by atoms with Gasteiger partial charge < -0.3 is 19.4 Å². The number of hydrogen-bond acceptors (Lipinski definition) is 5. The van der Waals surface area contributed by atoms with E-state index in [0.29, 0.717) is 31.8 Å². The number of hydrogen-bond donors (Lipinski definition) is 0. The Bertz CT molecular complexity index is 749. The summed E-state index contributed by atoms with van der Waals surface area (Å²) in [7, 11) is 0. The van der Waals surface area contributed by atoms with Gasteiger partial charge in [0.15, 0.2) is 0 Å². The standard InChI is InChI=1S/C26H40N4O3/c31-25(29-15-5-2-6-16-29)22-28-17-19-30(20-18-28)26(32)23-8-10-24(11-9-23)33-21-7-14-27-12-3-1-4-13-27/h8-11H,1-7,12-22H2. The molecule has 7 heteroatoms. The Kier molecular flexibility index (Phi) is 9.01. The lowest BCUT2D eigenvalue weighted by molar-refractivity contribution is -0.133. The minimum atomic E-state index is 0.0636. The number of likely N-dealkylation sites (tertiary alicyclic amines) is 2. The largest absolute Gasteiger partial charge is 0.494 e. The summed E-state index contributed by atoms with van der Waals surface area (Å²) in [5.74, 6) is 1.13. The highest BCUT2D eigenvalue weighted by Crippen LogP contribution is 2.16. The predicted octanol–water partition coefficient (Wildman–Crippen LogP) is 2.71. The SMILES string of the molecule is O=C(CN1CCN(C(=O)c2ccc(OCCCN3CCCCC3)cc2)CC1)N1CCCCC1. The molecule has 7 nitrogen and oxygen atoms in total. The normalized spacial score (nSPS) is 20.6. The number of amides is 2. The van der Waals surface area contributed by atoms with E-state index in [0.717, 1.165) is 57.7 Å². The summed E-state index contributed by atoms with van der Waals surface area (Å²) < 4.78 is 5.88. The van der Waals surface area contributed by atoms with Crippen LogP contribution in [0.1, 0.15) is 55.3 Å². The maximum Gasteiger partial charge on any atom is 0.253 e. The topological polar surface area (TPSA) is 56.3 Å². The fourth-order valence-electron chi connectivity index (χ4n) is 5.08. The fourth-order valence-corrected chi connectivity index (χ4v) is 5.08. The van der Waals surface area contributed by atoms with Crippen molar-refractivity contribution in [3.8, 4) is 5.75 Å². The molecule has 3 aliphatic rings. The van der Waals surface area contributed by atoms with Gasteiger partial charge in [-0.15, -0.1) is 0 Å². The molecular weight excluding hydrogens is 416 g/mol. The maximum atomic E-state index is 12.9. The Morgan fingerprint density at radius 3 is 2.00 bits per heavy atom. The second-order valence-corrected chi connectivity index (χ2v) is 9.64. The molecule has 0 unspecified atom stereocenters. The van der Waals surface area contributed by atoms with Gasteiger partial charge in [0.1, 0.15) is 5.75 Å². The van der Waals surface area contributed by atoms with Gasteiger partial charge in [-0.25, -0.2) is 0 Å². The molecule has 1 aromatic rings. The number of piperazine rings is 1. The van der Waals surface area contributed by atoms with Crippen LogP contribution in [0.25, 0.3) is 0 Å². The number of nitrogens with zero attached hydrogens (tertiary/aromatic N) is 4. The Morgan fingerprint density at radius 1 is 0.697 bits per heavy atom. The molecular formula is C26H40N4O3. The van der Waals surface area contributed by atoms with Crippen molar-refractivity contribution in [3.63, 3.8) is 0 Å². The van der Waals surface area contributed by atoms with Crippen LogP contribution in [0.5, 0.6) is 5.75 Å². The lowest BCUT2D eigenvalue weighted by Gasteiger charge is -2.36. The van der Waals surface area contributed by atoms with Crippen LogP contribution in [0.3, 0.4) is 0 Å². The zero-order valence-electron chi connectivity index (χ0n) is 20.1. The van der Waals surface area contributed by atoms with E-state index in [2.05, 4.69) is 9.80 Å². The lowest BCUT2D eigenvalue weighted by Crippen LogP contribution is -2.52. The fraction of sp³-hybridized carbons (Fsp3) is 0.692. The molecule has 0 N–H and O–H groups in total. The van der Waals surface area contributed by atoms with Crippen LogP contribution in [-0.2, 0) is 4.79 Å². The third-order valence-electron chi connectivity index (χ3n) is 7.16. The molecule has 2 amide bonds. The Hall–Kier alpha value is -2.12. The molecule has 0 aromatic heterocycles. The van der Waals surface area contributed by atoms with Crippen molar-refractivity contribution in [3.05, 3.63) is 29.8 Å². The van der Waals surface area contributed by atoms with Crippen LogP contribution in [0, 0.1) is 0 Å². The molecule has 1 aromatic carbocycles. The molecule has 182 valence electrons. The van der Waals surface area contributed by atoms with Crippen LogP contribution in [0.15, 0.2) is 24.3 Å². The third kappa shape index (κ3) is 7.18. The summed E-state index contributed by atoms with van der Waals surface area (Å²) in [4.78, 5) is 34.0. The van der Waals surface area contributed by atoms with Crippen LogP contribution in [0.2, 0.25) is 0 Å².